The maximum absolute atomic E-state index is 11.8. The highest BCUT2D eigenvalue weighted by atomic mass is 32.1. The Morgan fingerprint density at radius 3 is 1.48 bits per heavy atom. The van der Waals surface area contributed by atoms with Gasteiger partial charge in [0.15, 0.2) is 0 Å². The van der Waals surface area contributed by atoms with E-state index in [4.69, 9.17) is 0 Å². The Kier molecular flexibility index (Phi) is 8.71. The molecule has 2 aromatic carbocycles. The Hall–Kier alpha value is -4.65. The lowest BCUT2D eigenvalue weighted by Gasteiger charge is -2.03. The van der Waals surface area contributed by atoms with Crippen molar-refractivity contribution >= 4 is 74.6 Å². The fourth-order valence-electron chi connectivity index (χ4n) is 5.48. The molecule has 0 atom stereocenters. The van der Waals surface area contributed by atoms with E-state index in [1.807, 2.05) is 42.5 Å². The third kappa shape index (κ3) is 6.18. The van der Waals surface area contributed by atoms with Crippen molar-refractivity contribution in [3.63, 3.8) is 0 Å². The van der Waals surface area contributed by atoms with Crippen LogP contribution in [0.4, 0.5) is 0 Å². The first kappa shape index (κ1) is 31.9. The zero-order valence-electron chi connectivity index (χ0n) is 25.1. The summed E-state index contributed by atoms with van der Waals surface area (Å²) < 4.78 is 0. The first-order chi connectivity index (χ1) is 23.2. The zero-order valence-corrected chi connectivity index (χ0v) is 29.1. The minimum Gasteiger partial charge on any atom is -0.481 e. The summed E-state index contributed by atoms with van der Waals surface area (Å²) >= 11 is 7.95. The normalized spacial score (nSPS) is 11.2. The van der Waals surface area contributed by atoms with Crippen LogP contribution in [0.25, 0.3) is 59.9 Å². The lowest BCUT2D eigenvalue weighted by molar-refractivity contribution is -0.136. The molecule has 7 rings (SSSR count). The van der Waals surface area contributed by atoms with Crippen molar-refractivity contribution < 1.29 is 29.7 Å². The molecule has 3 N–H and O–H groups in total. The van der Waals surface area contributed by atoms with E-state index < -0.39 is 17.9 Å². The van der Waals surface area contributed by atoms with Crippen LogP contribution in [-0.4, -0.2) is 33.2 Å². The van der Waals surface area contributed by atoms with E-state index in [2.05, 4.69) is 31.2 Å². The molecule has 0 fully saturated rings. The monoisotopic (exact) mass is 724 g/mol. The molecule has 238 valence electrons. The highest BCUT2D eigenvalue weighted by Gasteiger charge is 2.21. The molecule has 7 aromatic rings. The first-order valence-corrected chi connectivity index (χ1v) is 18.7. The lowest BCUT2D eigenvalue weighted by Crippen LogP contribution is -1.99. The number of aryl methyl sites for hydroxylation is 1. The van der Waals surface area contributed by atoms with E-state index in [0.717, 1.165) is 59.9 Å². The molecule has 5 heterocycles. The Bertz CT molecular complexity index is 2350. The van der Waals surface area contributed by atoms with Gasteiger partial charge in [-0.15, -0.1) is 56.7 Å². The SMILES string of the molecule is Cc1cc(-c2ccc(-c3cc(CC(=O)O)c(-c4ccc(-c5ccccc5C(=O)O)s4)s3)s2)sc1-c1ccc(-c2ccccc2C(=O)O)s1. The Morgan fingerprint density at radius 2 is 0.938 bits per heavy atom. The third-order valence-corrected chi connectivity index (χ3v) is 14.2. The molecule has 11 heteroatoms. The van der Waals surface area contributed by atoms with Crippen molar-refractivity contribution in [2.24, 2.45) is 0 Å². The van der Waals surface area contributed by atoms with Gasteiger partial charge in [0.1, 0.15) is 0 Å². The van der Waals surface area contributed by atoms with E-state index in [1.54, 1.807) is 75.7 Å². The minimum absolute atomic E-state index is 0.115. The second-order valence-corrected chi connectivity index (χ2v) is 16.2. The molecule has 0 radical (unpaired) electrons. The topological polar surface area (TPSA) is 112 Å². The molecular formula is C37H24O6S5. The number of rotatable bonds is 10. The summed E-state index contributed by atoms with van der Waals surface area (Å²) in [5.74, 6) is -2.85. The molecule has 0 spiro atoms. The van der Waals surface area contributed by atoms with Crippen LogP contribution in [0.3, 0.4) is 0 Å². The minimum atomic E-state index is -0.992. The van der Waals surface area contributed by atoms with Crippen molar-refractivity contribution in [3.05, 3.63) is 119 Å². The number of hydrogen-bond donors (Lipinski definition) is 3. The van der Waals surface area contributed by atoms with Gasteiger partial charge in [-0.25, -0.2) is 9.59 Å². The van der Waals surface area contributed by atoms with Crippen molar-refractivity contribution in [3.8, 4) is 59.9 Å². The van der Waals surface area contributed by atoms with Crippen LogP contribution in [-0.2, 0) is 11.2 Å². The Balaban J connectivity index is 1.19. The van der Waals surface area contributed by atoms with Gasteiger partial charge >= 0.3 is 17.9 Å². The van der Waals surface area contributed by atoms with Crippen LogP contribution in [0.2, 0.25) is 0 Å². The highest BCUT2D eigenvalue weighted by molar-refractivity contribution is 7.30. The van der Waals surface area contributed by atoms with Gasteiger partial charge in [0.25, 0.3) is 0 Å². The molecule has 0 amide bonds. The first-order valence-electron chi connectivity index (χ1n) is 14.6. The number of aliphatic carboxylic acids is 1. The molecule has 0 unspecified atom stereocenters. The van der Waals surface area contributed by atoms with Gasteiger partial charge in [0, 0.05) is 59.9 Å². The Morgan fingerprint density at radius 1 is 0.500 bits per heavy atom. The van der Waals surface area contributed by atoms with Gasteiger partial charge in [0.2, 0.25) is 0 Å². The van der Waals surface area contributed by atoms with Crippen LogP contribution in [0.15, 0.2) is 97.1 Å². The Labute approximate surface area is 295 Å². The standard InChI is InChI=1S/C37H24O6S5/c1-19-16-31(47-34(19)29-14-10-25(44-29)21-6-2-4-8-23(21)36(40)41)27-12-13-28(46-27)32-17-20(18-33(38)39)35(48-32)30-15-11-26(45-30)22-7-3-5-9-24(22)37(42)43/h2-17H,18H2,1H3,(H,38,39)(H,40,41)(H,42,43). The summed E-state index contributed by atoms with van der Waals surface area (Å²) in [5, 5.41) is 29.0. The van der Waals surface area contributed by atoms with Gasteiger partial charge in [-0.1, -0.05) is 36.4 Å². The second kappa shape index (κ2) is 13.1. The van der Waals surface area contributed by atoms with Gasteiger partial charge in [-0.05, 0) is 78.7 Å². The van der Waals surface area contributed by atoms with Gasteiger partial charge in [0.05, 0.1) is 17.5 Å². The largest absolute Gasteiger partial charge is 0.481 e. The molecule has 0 saturated heterocycles. The van der Waals surface area contributed by atoms with E-state index in [-0.39, 0.29) is 17.5 Å². The van der Waals surface area contributed by atoms with E-state index in [9.17, 15) is 29.7 Å². The fraction of sp³-hybridized carbons (Fsp3) is 0.0541. The van der Waals surface area contributed by atoms with Crippen molar-refractivity contribution in [1.29, 1.82) is 0 Å². The summed E-state index contributed by atoms with van der Waals surface area (Å²) in [6, 6.07) is 30.1. The number of thiophene rings is 5. The summed E-state index contributed by atoms with van der Waals surface area (Å²) in [7, 11) is 0. The van der Waals surface area contributed by atoms with Crippen molar-refractivity contribution in [2.75, 3.05) is 0 Å². The number of benzene rings is 2. The van der Waals surface area contributed by atoms with Crippen LogP contribution >= 0.6 is 56.7 Å². The van der Waals surface area contributed by atoms with Crippen LogP contribution in [0, 0.1) is 6.92 Å². The average molecular weight is 725 g/mol. The summed E-state index contributed by atoms with van der Waals surface area (Å²) in [6.07, 6.45) is -0.115. The second-order valence-electron chi connectivity index (χ2n) is 10.9. The molecule has 0 saturated carbocycles. The number of carbonyl (C=O) groups is 3. The predicted molar refractivity (Wildman–Crippen MR) is 198 cm³/mol. The smallest absolute Gasteiger partial charge is 0.336 e. The summed E-state index contributed by atoms with van der Waals surface area (Å²) in [6.45, 7) is 2.09. The van der Waals surface area contributed by atoms with E-state index in [1.165, 1.54) is 11.3 Å². The van der Waals surface area contributed by atoms with Crippen LogP contribution < -0.4 is 0 Å². The number of carboxylic acid groups (broad SMARTS) is 3. The van der Waals surface area contributed by atoms with E-state index in [0.29, 0.717) is 11.1 Å². The molecule has 0 bridgehead atoms. The maximum atomic E-state index is 11.8. The van der Waals surface area contributed by atoms with E-state index >= 15 is 0 Å². The van der Waals surface area contributed by atoms with Gasteiger partial charge < -0.3 is 15.3 Å². The summed E-state index contributed by atoms with van der Waals surface area (Å²) in [4.78, 5) is 45.4. The van der Waals surface area contributed by atoms with Crippen molar-refractivity contribution in [1.82, 2.24) is 0 Å². The zero-order chi connectivity index (χ0) is 33.5. The predicted octanol–water partition coefficient (Wildman–Crippen LogP) is 11.3. The van der Waals surface area contributed by atoms with Crippen LogP contribution in [0.5, 0.6) is 0 Å². The maximum Gasteiger partial charge on any atom is 0.336 e. The lowest BCUT2D eigenvalue weighted by atomic mass is 10.1. The summed E-state index contributed by atoms with van der Waals surface area (Å²) in [5.41, 5.74) is 3.72. The molecule has 48 heavy (non-hydrogen) atoms. The number of aromatic carboxylic acids is 2. The van der Waals surface area contributed by atoms with Crippen molar-refractivity contribution in [2.45, 2.75) is 13.3 Å². The molecular weight excluding hydrogens is 701 g/mol. The molecule has 0 aliphatic rings. The quantitative estimate of drug-likeness (QED) is 0.129. The molecule has 0 aliphatic heterocycles. The number of carboxylic acids is 3. The van der Waals surface area contributed by atoms with Gasteiger partial charge in [-0.2, -0.15) is 0 Å². The molecule has 6 nitrogen and oxygen atoms in total. The van der Waals surface area contributed by atoms with Gasteiger partial charge in [-0.3, -0.25) is 4.79 Å². The van der Waals surface area contributed by atoms with Crippen LogP contribution in [0.1, 0.15) is 31.8 Å². The number of hydrogen-bond acceptors (Lipinski definition) is 8. The molecule has 5 aromatic heterocycles. The molecule has 0 aliphatic carbocycles. The average Bonchev–Trinajstić information content (AvgIpc) is 3.90. The third-order valence-electron chi connectivity index (χ3n) is 7.67. The fourth-order valence-corrected chi connectivity index (χ4v) is 11.4. The highest BCUT2D eigenvalue weighted by Crippen LogP contribution is 2.48.